The van der Waals surface area contributed by atoms with Gasteiger partial charge in [-0.05, 0) is 68.3 Å². The number of thioether (sulfide) groups is 1. The van der Waals surface area contributed by atoms with Gasteiger partial charge >= 0.3 is 5.56 Å². The molecular formula is C28H25N3O4S. The molecule has 0 bridgehead atoms. The van der Waals surface area contributed by atoms with Gasteiger partial charge in [-0.1, -0.05) is 42.1 Å². The topological polar surface area (TPSA) is 86.4 Å². The van der Waals surface area contributed by atoms with Gasteiger partial charge in [0, 0.05) is 5.39 Å². The molecular weight excluding hydrogens is 474 g/mol. The van der Waals surface area contributed by atoms with E-state index in [9.17, 15) is 9.59 Å². The van der Waals surface area contributed by atoms with E-state index >= 15 is 0 Å². The lowest BCUT2D eigenvalue weighted by molar-refractivity contribution is -0.113. The highest BCUT2D eigenvalue weighted by Gasteiger charge is 2.20. The van der Waals surface area contributed by atoms with Crippen LogP contribution in [0.25, 0.3) is 27.8 Å². The van der Waals surface area contributed by atoms with Crippen LogP contribution in [0, 0.1) is 13.8 Å². The maximum atomic E-state index is 13.7. The third-order valence-corrected chi connectivity index (χ3v) is 6.56. The molecule has 182 valence electrons. The number of anilines is 1. The predicted molar refractivity (Wildman–Crippen MR) is 144 cm³/mol. The molecule has 1 amide bonds. The minimum Gasteiger partial charge on any atom is -0.492 e. The van der Waals surface area contributed by atoms with Crippen molar-refractivity contribution in [1.29, 1.82) is 0 Å². The van der Waals surface area contributed by atoms with Crippen LogP contribution in [0.2, 0.25) is 0 Å². The molecule has 0 unspecified atom stereocenters. The average molecular weight is 500 g/mol. The van der Waals surface area contributed by atoms with Crippen LogP contribution < -0.4 is 15.6 Å². The number of nitrogens with one attached hydrogen (secondary N) is 1. The molecule has 0 aliphatic rings. The zero-order valence-electron chi connectivity index (χ0n) is 20.2. The molecule has 0 aliphatic heterocycles. The van der Waals surface area contributed by atoms with Gasteiger partial charge in [-0.3, -0.25) is 14.2 Å². The van der Waals surface area contributed by atoms with Crippen molar-refractivity contribution in [2.24, 2.45) is 0 Å². The first-order chi connectivity index (χ1) is 17.4. The highest BCUT2D eigenvalue weighted by atomic mass is 32.2. The smallest absolute Gasteiger partial charge is 0.302 e. The Balaban J connectivity index is 1.55. The summed E-state index contributed by atoms with van der Waals surface area (Å²) >= 11 is 1.20. The lowest BCUT2D eigenvalue weighted by Crippen LogP contribution is -2.22. The van der Waals surface area contributed by atoms with Crippen LogP contribution in [0.3, 0.4) is 0 Å². The minimum absolute atomic E-state index is 0.0546. The number of fused-ring (bicyclic) bond motifs is 3. The number of furan rings is 1. The summed E-state index contributed by atoms with van der Waals surface area (Å²) in [5.74, 6) is 0.430. The summed E-state index contributed by atoms with van der Waals surface area (Å²) < 4.78 is 13.0. The number of nitrogens with zero attached hydrogens (tertiary/aromatic N) is 2. The fourth-order valence-electron chi connectivity index (χ4n) is 4.19. The second kappa shape index (κ2) is 9.91. The predicted octanol–water partition coefficient (Wildman–Crippen LogP) is 5.88. The Hall–Kier alpha value is -4.04. The van der Waals surface area contributed by atoms with Crippen molar-refractivity contribution in [3.63, 3.8) is 0 Å². The van der Waals surface area contributed by atoms with Crippen molar-refractivity contribution >= 4 is 45.4 Å². The van der Waals surface area contributed by atoms with Crippen molar-refractivity contribution < 1.29 is 13.9 Å². The number of carbonyl (C=O) groups is 1. The molecule has 1 N–H and O–H groups in total. The van der Waals surface area contributed by atoms with E-state index in [1.807, 2.05) is 81.4 Å². The number of aromatic nitrogens is 2. The minimum atomic E-state index is -0.314. The summed E-state index contributed by atoms with van der Waals surface area (Å²) in [6, 6.07) is 20.6. The van der Waals surface area contributed by atoms with Crippen LogP contribution in [0.4, 0.5) is 5.69 Å². The molecule has 7 nitrogen and oxygen atoms in total. The van der Waals surface area contributed by atoms with E-state index in [1.165, 1.54) is 16.3 Å². The van der Waals surface area contributed by atoms with Gasteiger partial charge in [0.1, 0.15) is 16.8 Å². The van der Waals surface area contributed by atoms with E-state index < -0.39 is 0 Å². The lowest BCUT2D eigenvalue weighted by Gasteiger charge is -2.14. The van der Waals surface area contributed by atoms with Crippen molar-refractivity contribution in [3.8, 4) is 11.4 Å². The second-order valence-corrected chi connectivity index (χ2v) is 9.37. The molecule has 0 saturated carbocycles. The quantitative estimate of drug-likeness (QED) is 0.222. The highest BCUT2D eigenvalue weighted by Crippen LogP contribution is 2.29. The summed E-state index contributed by atoms with van der Waals surface area (Å²) in [5.41, 5.74) is 4.27. The molecule has 3 aromatic carbocycles. The molecule has 0 aliphatic carbocycles. The number of ether oxygens (including phenoxy) is 1. The van der Waals surface area contributed by atoms with Crippen LogP contribution in [0.5, 0.6) is 5.75 Å². The fraction of sp³-hybridized carbons (Fsp3) is 0.179. The highest BCUT2D eigenvalue weighted by molar-refractivity contribution is 7.99. The summed E-state index contributed by atoms with van der Waals surface area (Å²) in [7, 11) is 0. The maximum Gasteiger partial charge on any atom is 0.302 e. The van der Waals surface area contributed by atoms with Gasteiger partial charge < -0.3 is 14.5 Å². The normalized spacial score (nSPS) is 11.2. The second-order valence-electron chi connectivity index (χ2n) is 8.42. The van der Waals surface area contributed by atoms with Crippen LogP contribution in [-0.2, 0) is 4.79 Å². The molecule has 2 aromatic heterocycles. The molecule has 36 heavy (non-hydrogen) atoms. The molecule has 5 aromatic rings. The van der Waals surface area contributed by atoms with Gasteiger partial charge in [0.25, 0.3) is 0 Å². The Morgan fingerprint density at radius 3 is 2.56 bits per heavy atom. The van der Waals surface area contributed by atoms with E-state index in [0.29, 0.717) is 40.0 Å². The van der Waals surface area contributed by atoms with Gasteiger partial charge in [-0.15, -0.1) is 0 Å². The monoisotopic (exact) mass is 499 g/mol. The number of para-hydroxylation sites is 3. The number of hydrogen-bond donors (Lipinski definition) is 1. The number of rotatable bonds is 7. The third-order valence-electron chi connectivity index (χ3n) is 5.62. The van der Waals surface area contributed by atoms with Crippen molar-refractivity contribution in [3.05, 3.63) is 88.2 Å². The Morgan fingerprint density at radius 2 is 1.78 bits per heavy atom. The van der Waals surface area contributed by atoms with Crippen LogP contribution in [0.15, 0.2) is 81.1 Å². The Kier molecular flexibility index (Phi) is 6.52. The number of hydrogen-bond acceptors (Lipinski definition) is 6. The van der Waals surface area contributed by atoms with E-state index in [2.05, 4.69) is 5.32 Å². The Bertz CT molecular complexity index is 1630. The molecule has 0 atom stereocenters. The van der Waals surface area contributed by atoms with Gasteiger partial charge in [-0.2, -0.15) is 0 Å². The maximum absolute atomic E-state index is 13.7. The number of amides is 1. The van der Waals surface area contributed by atoms with Crippen molar-refractivity contribution in [2.45, 2.75) is 25.9 Å². The Morgan fingerprint density at radius 1 is 1.06 bits per heavy atom. The molecule has 8 heteroatoms. The summed E-state index contributed by atoms with van der Waals surface area (Å²) in [4.78, 5) is 31.4. The van der Waals surface area contributed by atoms with Crippen LogP contribution >= 0.6 is 11.8 Å². The van der Waals surface area contributed by atoms with Gasteiger partial charge in [0.15, 0.2) is 5.16 Å². The SMILES string of the molecule is CCOc1ccccc1NC(=O)CSc1nc2c(oc3ccccc32)c(=O)n1-c1cc(C)cc(C)c1. The molecule has 5 rings (SSSR count). The molecule has 0 saturated heterocycles. The zero-order chi connectivity index (χ0) is 25.2. The third kappa shape index (κ3) is 4.59. The van der Waals surface area contributed by atoms with Crippen molar-refractivity contribution in [1.82, 2.24) is 9.55 Å². The first-order valence-corrected chi connectivity index (χ1v) is 12.6. The first kappa shape index (κ1) is 23.7. The van der Waals surface area contributed by atoms with Gasteiger partial charge in [0.2, 0.25) is 11.5 Å². The van der Waals surface area contributed by atoms with Gasteiger partial charge in [-0.25, -0.2) is 4.98 Å². The van der Waals surface area contributed by atoms with Crippen LogP contribution in [0.1, 0.15) is 18.1 Å². The molecule has 0 spiro atoms. The standard InChI is InChI=1S/C28H25N3O4S/c1-4-34-23-12-8-6-10-21(23)29-24(32)16-36-28-30-25-20-9-5-7-11-22(20)35-26(25)27(33)31(28)19-14-17(2)13-18(3)15-19/h5-15H,4,16H2,1-3H3,(H,29,32). The molecule has 2 heterocycles. The first-order valence-electron chi connectivity index (χ1n) is 11.6. The number of carbonyl (C=O) groups excluding carboxylic acids is 1. The fourth-order valence-corrected chi connectivity index (χ4v) is 5.00. The molecule has 0 fully saturated rings. The summed E-state index contributed by atoms with van der Waals surface area (Å²) in [5, 5.41) is 4.07. The summed E-state index contributed by atoms with van der Waals surface area (Å²) in [6.45, 7) is 6.34. The zero-order valence-corrected chi connectivity index (χ0v) is 21.0. The summed E-state index contributed by atoms with van der Waals surface area (Å²) in [6.07, 6.45) is 0. The number of benzene rings is 3. The van der Waals surface area contributed by atoms with E-state index in [-0.39, 0.29) is 22.8 Å². The van der Waals surface area contributed by atoms with Gasteiger partial charge in [0.05, 0.1) is 23.7 Å². The lowest BCUT2D eigenvalue weighted by atomic mass is 10.1. The van der Waals surface area contributed by atoms with Crippen LogP contribution in [-0.4, -0.2) is 27.8 Å². The number of aryl methyl sites for hydroxylation is 2. The largest absolute Gasteiger partial charge is 0.492 e. The Labute approximate surface area is 212 Å². The average Bonchev–Trinajstić information content (AvgIpc) is 3.23. The van der Waals surface area contributed by atoms with E-state index in [0.717, 1.165) is 16.5 Å². The van der Waals surface area contributed by atoms with E-state index in [4.69, 9.17) is 14.1 Å². The molecule has 0 radical (unpaired) electrons. The van der Waals surface area contributed by atoms with Crippen molar-refractivity contribution in [2.75, 3.05) is 17.7 Å². The van der Waals surface area contributed by atoms with E-state index in [1.54, 1.807) is 6.07 Å².